The molecule has 0 amide bonds. The highest BCUT2D eigenvalue weighted by atomic mass is 35.5. The standard InChI is InChI=1S/C25H28ClNO5/c1-4-30-24(28)9-17-7-8-19(29-3)12-23(17)31-14-21-15(2)32-25-20(21)10-18(26)11-22(25)27-13-16-5-6-16/h7-8,10-12,16,27H,4-6,9,13-14H2,1-3H3. The summed E-state index contributed by atoms with van der Waals surface area (Å²) >= 11 is 6.41. The van der Waals surface area contributed by atoms with Gasteiger partial charge in [-0.1, -0.05) is 17.7 Å². The number of nitrogens with one attached hydrogen (secondary N) is 1. The van der Waals surface area contributed by atoms with E-state index in [-0.39, 0.29) is 19.0 Å². The molecule has 1 fully saturated rings. The summed E-state index contributed by atoms with van der Waals surface area (Å²) in [5.74, 6) is 2.42. The smallest absolute Gasteiger partial charge is 0.310 e. The first kappa shape index (κ1) is 22.3. The van der Waals surface area contributed by atoms with Crippen molar-refractivity contribution in [2.24, 2.45) is 5.92 Å². The Kier molecular flexibility index (Phi) is 6.80. The molecule has 0 bridgehead atoms. The maximum absolute atomic E-state index is 12.0. The van der Waals surface area contributed by atoms with Crippen molar-refractivity contribution in [3.63, 3.8) is 0 Å². The highest BCUT2D eigenvalue weighted by Crippen LogP contribution is 2.37. The average Bonchev–Trinajstić information content (AvgIpc) is 3.54. The summed E-state index contributed by atoms with van der Waals surface area (Å²) in [5, 5.41) is 5.04. The van der Waals surface area contributed by atoms with Crippen LogP contribution in [0.25, 0.3) is 11.0 Å². The van der Waals surface area contributed by atoms with Crippen LogP contribution in [0.2, 0.25) is 5.02 Å². The van der Waals surface area contributed by atoms with Crippen LogP contribution in [0, 0.1) is 12.8 Å². The fraction of sp³-hybridized carbons (Fsp3) is 0.400. The molecule has 1 aromatic heterocycles. The molecule has 0 atom stereocenters. The Bertz CT molecular complexity index is 1120. The van der Waals surface area contributed by atoms with Gasteiger partial charge in [0.15, 0.2) is 5.58 Å². The van der Waals surface area contributed by atoms with Crippen LogP contribution in [0.3, 0.4) is 0 Å². The van der Waals surface area contributed by atoms with Gasteiger partial charge in [0, 0.05) is 34.1 Å². The molecule has 1 aliphatic rings. The minimum absolute atomic E-state index is 0.124. The molecule has 4 rings (SSSR count). The number of aryl methyl sites for hydroxylation is 1. The molecule has 1 aliphatic carbocycles. The quantitative estimate of drug-likeness (QED) is 0.381. The topological polar surface area (TPSA) is 69.9 Å². The van der Waals surface area contributed by atoms with Crippen molar-refractivity contribution < 1.29 is 23.4 Å². The average molecular weight is 458 g/mol. The zero-order chi connectivity index (χ0) is 22.7. The van der Waals surface area contributed by atoms with E-state index in [1.54, 1.807) is 26.2 Å². The Hall–Kier alpha value is -2.86. The summed E-state index contributed by atoms with van der Waals surface area (Å²) in [6.45, 7) is 5.23. The number of furan rings is 1. The van der Waals surface area contributed by atoms with Crippen LogP contribution in [-0.4, -0.2) is 26.2 Å². The monoisotopic (exact) mass is 457 g/mol. The molecule has 3 aromatic rings. The molecule has 0 aliphatic heterocycles. The van der Waals surface area contributed by atoms with Crippen LogP contribution >= 0.6 is 11.6 Å². The van der Waals surface area contributed by atoms with Crippen molar-refractivity contribution in [2.45, 2.75) is 39.7 Å². The van der Waals surface area contributed by atoms with Gasteiger partial charge < -0.3 is 23.9 Å². The van der Waals surface area contributed by atoms with Crippen molar-refractivity contribution in [1.82, 2.24) is 0 Å². The number of hydrogen-bond donors (Lipinski definition) is 1. The van der Waals surface area contributed by atoms with Crippen LogP contribution in [-0.2, 0) is 22.6 Å². The molecule has 170 valence electrons. The molecule has 7 heteroatoms. The van der Waals surface area contributed by atoms with Crippen LogP contribution in [0.4, 0.5) is 5.69 Å². The van der Waals surface area contributed by atoms with Gasteiger partial charge in [-0.3, -0.25) is 4.79 Å². The Morgan fingerprint density at radius 1 is 1.25 bits per heavy atom. The van der Waals surface area contributed by atoms with Gasteiger partial charge in [-0.05, 0) is 50.8 Å². The van der Waals surface area contributed by atoms with Crippen LogP contribution in [0.5, 0.6) is 11.5 Å². The number of halogens is 1. The minimum Gasteiger partial charge on any atom is -0.497 e. The van der Waals surface area contributed by atoms with Gasteiger partial charge in [0.25, 0.3) is 0 Å². The van der Waals surface area contributed by atoms with Gasteiger partial charge in [0.1, 0.15) is 23.9 Å². The minimum atomic E-state index is -0.300. The Labute approximate surface area is 192 Å². The highest BCUT2D eigenvalue weighted by molar-refractivity contribution is 6.32. The number of fused-ring (bicyclic) bond motifs is 1. The number of hydrogen-bond acceptors (Lipinski definition) is 6. The molecular formula is C25H28ClNO5. The van der Waals surface area contributed by atoms with E-state index in [2.05, 4.69) is 5.32 Å². The normalized spacial score (nSPS) is 13.2. The van der Waals surface area contributed by atoms with Crippen molar-refractivity contribution in [2.75, 3.05) is 25.6 Å². The summed E-state index contributed by atoms with van der Waals surface area (Å²) in [7, 11) is 1.59. The summed E-state index contributed by atoms with van der Waals surface area (Å²) in [4.78, 5) is 12.0. The van der Waals surface area contributed by atoms with E-state index < -0.39 is 0 Å². The second-order valence-electron chi connectivity index (χ2n) is 8.04. The maximum atomic E-state index is 12.0. The third-order valence-electron chi connectivity index (χ3n) is 5.62. The molecular weight excluding hydrogens is 430 g/mol. The lowest BCUT2D eigenvalue weighted by atomic mass is 10.1. The van der Waals surface area contributed by atoms with Gasteiger partial charge in [-0.2, -0.15) is 0 Å². The molecule has 1 N–H and O–H groups in total. The van der Waals surface area contributed by atoms with E-state index in [0.717, 1.165) is 46.0 Å². The van der Waals surface area contributed by atoms with E-state index in [4.69, 9.17) is 30.2 Å². The van der Waals surface area contributed by atoms with Crippen molar-refractivity contribution in [3.05, 3.63) is 52.2 Å². The maximum Gasteiger partial charge on any atom is 0.310 e. The number of rotatable bonds is 10. The number of carbonyl (C=O) groups is 1. The van der Waals surface area contributed by atoms with Crippen molar-refractivity contribution >= 4 is 34.2 Å². The molecule has 1 saturated carbocycles. The number of carbonyl (C=O) groups excluding carboxylic acids is 1. The molecule has 1 heterocycles. The molecule has 0 unspecified atom stereocenters. The number of anilines is 1. The predicted molar refractivity (Wildman–Crippen MR) is 125 cm³/mol. The predicted octanol–water partition coefficient (Wildman–Crippen LogP) is 5.91. The highest BCUT2D eigenvalue weighted by Gasteiger charge is 2.22. The van der Waals surface area contributed by atoms with E-state index in [1.165, 1.54) is 12.8 Å². The molecule has 32 heavy (non-hydrogen) atoms. The zero-order valence-corrected chi connectivity index (χ0v) is 19.4. The molecule has 0 radical (unpaired) electrons. The Morgan fingerprint density at radius 2 is 2.06 bits per heavy atom. The van der Waals surface area contributed by atoms with Crippen LogP contribution in [0.15, 0.2) is 34.7 Å². The van der Waals surface area contributed by atoms with E-state index in [0.29, 0.717) is 23.1 Å². The van der Waals surface area contributed by atoms with Gasteiger partial charge in [0.2, 0.25) is 0 Å². The first-order valence-electron chi connectivity index (χ1n) is 10.9. The lowest BCUT2D eigenvalue weighted by molar-refractivity contribution is -0.142. The fourth-order valence-corrected chi connectivity index (χ4v) is 3.90. The number of benzene rings is 2. The Balaban J connectivity index is 1.60. The first-order valence-corrected chi connectivity index (χ1v) is 11.3. The van der Waals surface area contributed by atoms with E-state index in [9.17, 15) is 4.79 Å². The molecule has 6 nitrogen and oxygen atoms in total. The lowest BCUT2D eigenvalue weighted by Crippen LogP contribution is -2.09. The zero-order valence-electron chi connectivity index (χ0n) is 18.6. The largest absolute Gasteiger partial charge is 0.497 e. The second kappa shape index (κ2) is 9.74. The van der Waals surface area contributed by atoms with Gasteiger partial charge in [-0.15, -0.1) is 0 Å². The number of esters is 1. The van der Waals surface area contributed by atoms with E-state index in [1.807, 2.05) is 25.1 Å². The first-order chi connectivity index (χ1) is 15.5. The second-order valence-corrected chi connectivity index (χ2v) is 8.47. The van der Waals surface area contributed by atoms with Gasteiger partial charge in [-0.25, -0.2) is 0 Å². The fourth-order valence-electron chi connectivity index (χ4n) is 3.68. The third kappa shape index (κ3) is 5.13. The SMILES string of the molecule is CCOC(=O)Cc1ccc(OC)cc1OCc1c(C)oc2c(NCC3CC3)cc(Cl)cc12. The number of ether oxygens (including phenoxy) is 3. The summed E-state index contributed by atoms with van der Waals surface area (Å²) in [6.07, 6.45) is 2.66. The summed E-state index contributed by atoms with van der Waals surface area (Å²) < 4.78 is 22.7. The van der Waals surface area contributed by atoms with Gasteiger partial charge in [0.05, 0.1) is 25.8 Å². The third-order valence-corrected chi connectivity index (χ3v) is 5.84. The van der Waals surface area contributed by atoms with Crippen LogP contribution < -0.4 is 14.8 Å². The Morgan fingerprint density at radius 3 is 2.78 bits per heavy atom. The van der Waals surface area contributed by atoms with Crippen molar-refractivity contribution in [3.8, 4) is 11.5 Å². The molecule has 2 aromatic carbocycles. The summed E-state index contributed by atoms with van der Waals surface area (Å²) in [6, 6.07) is 9.21. The number of methoxy groups -OCH3 is 1. The lowest BCUT2D eigenvalue weighted by Gasteiger charge is -2.13. The van der Waals surface area contributed by atoms with Crippen molar-refractivity contribution in [1.29, 1.82) is 0 Å². The van der Waals surface area contributed by atoms with Crippen LogP contribution in [0.1, 0.15) is 36.7 Å². The molecule has 0 saturated heterocycles. The summed E-state index contributed by atoms with van der Waals surface area (Å²) in [5.41, 5.74) is 3.34. The molecule has 0 spiro atoms. The van der Waals surface area contributed by atoms with E-state index >= 15 is 0 Å². The van der Waals surface area contributed by atoms with Gasteiger partial charge >= 0.3 is 5.97 Å².